The van der Waals surface area contributed by atoms with Gasteiger partial charge in [0.15, 0.2) is 0 Å². The molecule has 6 heteroatoms. The number of carbonyl (C=O) groups is 2. The minimum Gasteiger partial charge on any atom is -0.288 e. The number of halogens is 2. The fourth-order valence-corrected chi connectivity index (χ4v) is 5.19. The van der Waals surface area contributed by atoms with Crippen LogP contribution in [0.2, 0.25) is 5.02 Å². The zero-order valence-corrected chi connectivity index (χ0v) is 18.3. The number of benzene rings is 3. The first-order chi connectivity index (χ1) is 13.5. The Balaban J connectivity index is 1.80. The summed E-state index contributed by atoms with van der Waals surface area (Å²) in [5.41, 5.74) is 0.900. The Kier molecular flexibility index (Phi) is 5.78. The van der Waals surface area contributed by atoms with E-state index in [1.54, 1.807) is 36.4 Å². The standard InChI is InChI=1S/C22H12BrClO2S2/c23-13-5-9-15(10-6-13)27-21-19(25)17-3-1-2-4-18(17)20(26)22(21)28-16-11-7-14(24)8-12-16/h1-12H. The highest BCUT2D eigenvalue weighted by molar-refractivity contribution is 9.10. The summed E-state index contributed by atoms with van der Waals surface area (Å²) < 4.78 is 0.956. The van der Waals surface area contributed by atoms with Crippen molar-refractivity contribution in [1.29, 1.82) is 0 Å². The maximum atomic E-state index is 13.2. The molecule has 0 N–H and O–H groups in total. The van der Waals surface area contributed by atoms with Crippen LogP contribution in [-0.2, 0) is 0 Å². The molecule has 3 aromatic rings. The summed E-state index contributed by atoms with van der Waals surface area (Å²) in [6.45, 7) is 0. The molecule has 28 heavy (non-hydrogen) atoms. The van der Waals surface area contributed by atoms with Crippen LogP contribution in [0.15, 0.2) is 96.9 Å². The van der Waals surface area contributed by atoms with Gasteiger partial charge in [0.05, 0.1) is 9.81 Å². The molecule has 2 nitrogen and oxygen atoms in total. The van der Waals surface area contributed by atoms with E-state index < -0.39 is 0 Å². The minimum atomic E-state index is -0.130. The van der Waals surface area contributed by atoms with E-state index in [4.69, 9.17) is 11.6 Å². The topological polar surface area (TPSA) is 34.1 Å². The van der Waals surface area contributed by atoms with Crippen molar-refractivity contribution < 1.29 is 9.59 Å². The van der Waals surface area contributed by atoms with Crippen molar-refractivity contribution in [1.82, 2.24) is 0 Å². The zero-order valence-electron chi connectivity index (χ0n) is 14.3. The Hall–Kier alpha value is -1.79. The molecule has 0 bridgehead atoms. The monoisotopic (exact) mass is 486 g/mol. The molecule has 0 aliphatic heterocycles. The number of Topliss-reactive ketones (excluding diaryl/α,β-unsaturated/α-hetero) is 2. The molecular weight excluding hydrogens is 476 g/mol. The lowest BCUT2D eigenvalue weighted by Crippen LogP contribution is -2.19. The van der Waals surface area contributed by atoms with Crippen molar-refractivity contribution in [3.05, 3.63) is 103 Å². The normalized spacial score (nSPS) is 13.6. The van der Waals surface area contributed by atoms with Crippen LogP contribution < -0.4 is 0 Å². The third-order valence-corrected chi connectivity index (χ3v) is 7.21. The molecule has 0 saturated heterocycles. The summed E-state index contributed by atoms with van der Waals surface area (Å²) in [7, 11) is 0. The highest BCUT2D eigenvalue weighted by atomic mass is 79.9. The van der Waals surface area contributed by atoms with E-state index in [-0.39, 0.29) is 11.6 Å². The van der Waals surface area contributed by atoms with E-state index in [0.717, 1.165) is 14.3 Å². The average Bonchev–Trinajstić information content (AvgIpc) is 2.71. The van der Waals surface area contributed by atoms with Crippen LogP contribution in [0.5, 0.6) is 0 Å². The maximum Gasteiger partial charge on any atom is 0.201 e. The van der Waals surface area contributed by atoms with E-state index in [2.05, 4.69) is 15.9 Å². The fourth-order valence-electron chi connectivity index (χ4n) is 2.76. The average molecular weight is 488 g/mol. The van der Waals surface area contributed by atoms with E-state index in [1.807, 2.05) is 36.4 Å². The molecule has 0 atom stereocenters. The van der Waals surface area contributed by atoms with Crippen molar-refractivity contribution in [3.63, 3.8) is 0 Å². The van der Waals surface area contributed by atoms with Gasteiger partial charge in [-0.1, -0.05) is 75.3 Å². The fraction of sp³-hybridized carbons (Fsp3) is 0. The molecule has 0 fully saturated rings. The summed E-state index contributed by atoms with van der Waals surface area (Å²) in [5.74, 6) is -0.255. The van der Waals surface area contributed by atoms with Gasteiger partial charge in [0.2, 0.25) is 11.6 Å². The lowest BCUT2D eigenvalue weighted by atomic mass is 9.94. The molecule has 138 valence electrons. The van der Waals surface area contributed by atoms with Gasteiger partial charge in [0.1, 0.15) is 0 Å². The van der Waals surface area contributed by atoms with Gasteiger partial charge in [-0.2, -0.15) is 0 Å². The van der Waals surface area contributed by atoms with Gasteiger partial charge in [-0.25, -0.2) is 0 Å². The number of fused-ring (bicyclic) bond motifs is 1. The first-order valence-electron chi connectivity index (χ1n) is 8.32. The number of thioether (sulfide) groups is 2. The molecule has 0 amide bonds. The maximum absolute atomic E-state index is 13.2. The quantitative estimate of drug-likeness (QED) is 0.387. The summed E-state index contributed by atoms with van der Waals surface area (Å²) in [5, 5.41) is 0.624. The zero-order chi connectivity index (χ0) is 19.7. The molecular formula is C22H12BrClO2S2. The van der Waals surface area contributed by atoms with Crippen molar-refractivity contribution in [2.24, 2.45) is 0 Å². The van der Waals surface area contributed by atoms with Crippen LogP contribution >= 0.6 is 51.1 Å². The molecule has 0 heterocycles. The van der Waals surface area contributed by atoms with Crippen LogP contribution in [0.4, 0.5) is 0 Å². The SMILES string of the molecule is O=C1C(Sc2ccc(Cl)cc2)=C(Sc2ccc(Br)cc2)C(=O)c2ccccc21. The van der Waals surface area contributed by atoms with E-state index >= 15 is 0 Å². The van der Waals surface area contributed by atoms with E-state index in [1.165, 1.54) is 23.5 Å². The number of carbonyl (C=O) groups excluding carboxylic acids is 2. The molecule has 0 saturated carbocycles. The summed E-state index contributed by atoms with van der Waals surface area (Å²) in [6.07, 6.45) is 0. The predicted octanol–water partition coefficient (Wildman–Crippen LogP) is 7.28. The highest BCUT2D eigenvalue weighted by Gasteiger charge is 2.33. The second-order valence-electron chi connectivity index (χ2n) is 5.97. The van der Waals surface area contributed by atoms with Crippen LogP contribution in [0.25, 0.3) is 0 Å². The molecule has 0 aromatic heterocycles. The van der Waals surface area contributed by atoms with Gasteiger partial charge in [0.25, 0.3) is 0 Å². The molecule has 0 unspecified atom stereocenters. The van der Waals surface area contributed by atoms with Gasteiger partial charge >= 0.3 is 0 Å². The first-order valence-corrected chi connectivity index (χ1v) is 11.1. The Morgan fingerprint density at radius 3 is 1.54 bits per heavy atom. The Morgan fingerprint density at radius 1 is 0.643 bits per heavy atom. The highest BCUT2D eigenvalue weighted by Crippen LogP contribution is 2.43. The smallest absolute Gasteiger partial charge is 0.201 e. The number of allylic oxidation sites excluding steroid dienone is 2. The van der Waals surface area contributed by atoms with Crippen LogP contribution in [0.3, 0.4) is 0 Å². The summed E-state index contributed by atoms with van der Waals surface area (Å²) in [6, 6.07) is 21.9. The third kappa shape index (κ3) is 3.98. The number of rotatable bonds is 4. The van der Waals surface area contributed by atoms with Gasteiger partial charge in [-0.15, -0.1) is 0 Å². The molecule has 0 radical (unpaired) electrons. The minimum absolute atomic E-state index is 0.125. The molecule has 1 aliphatic carbocycles. The summed E-state index contributed by atoms with van der Waals surface area (Å²) >= 11 is 12.0. The Labute approximate surface area is 184 Å². The lowest BCUT2D eigenvalue weighted by molar-refractivity contribution is 0.0988. The lowest BCUT2D eigenvalue weighted by Gasteiger charge is -2.20. The number of ketones is 2. The van der Waals surface area contributed by atoms with Crippen molar-refractivity contribution >= 4 is 62.6 Å². The Morgan fingerprint density at radius 2 is 1.07 bits per heavy atom. The second-order valence-corrected chi connectivity index (χ2v) is 9.49. The molecule has 1 aliphatic rings. The van der Waals surface area contributed by atoms with Gasteiger partial charge in [-0.3, -0.25) is 9.59 Å². The van der Waals surface area contributed by atoms with Crippen LogP contribution in [-0.4, -0.2) is 11.6 Å². The van der Waals surface area contributed by atoms with Gasteiger partial charge in [0, 0.05) is 30.4 Å². The molecule has 4 rings (SSSR count). The van der Waals surface area contributed by atoms with Crippen molar-refractivity contribution in [2.75, 3.05) is 0 Å². The summed E-state index contributed by atoms with van der Waals surface area (Å²) in [4.78, 5) is 29.1. The second kappa shape index (κ2) is 8.29. The number of hydrogen-bond donors (Lipinski definition) is 0. The van der Waals surface area contributed by atoms with Crippen molar-refractivity contribution in [2.45, 2.75) is 9.79 Å². The predicted molar refractivity (Wildman–Crippen MR) is 119 cm³/mol. The van der Waals surface area contributed by atoms with E-state index in [9.17, 15) is 9.59 Å². The van der Waals surface area contributed by atoms with E-state index in [0.29, 0.717) is 26.0 Å². The van der Waals surface area contributed by atoms with Crippen LogP contribution in [0.1, 0.15) is 20.7 Å². The molecule has 3 aromatic carbocycles. The third-order valence-electron chi connectivity index (χ3n) is 4.10. The van der Waals surface area contributed by atoms with Crippen molar-refractivity contribution in [3.8, 4) is 0 Å². The van der Waals surface area contributed by atoms with Gasteiger partial charge in [-0.05, 0) is 48.5 Å². The van der Waals surface area contributed by atoms with Gasteiger partial charge < -0.3 is 0 Å². The van der Waals surface area contributed by atoms with Crippen LogP contribution in [0, 0.1) is 0 Å². The number of hydrogen-bond acceptors (Lipinski definition) is 4. The largest absolute Gasteiger partial charge is 0.288 e. The Bertz CT molecular complexity index is 1020. The first kappa shape index (κ1) is 19.5. The molecule has 0 spiro atoms.